The maximum atomic E-state index is 4.57. The van der Waals surface area contributed by atoms with Gasteiger partial charge in [-0.15, -0.1) is 0 Å². The summed E-state index contributed by atoms with van der Waals surface area (Å²) >= 11 is 0. The van der Waals surface area contributed by atoms with E-state index in [0.29, 0.717) is 12.1 Å². The number of likely N-dealkylation sites (tertiary alicyclic amines) is 1. The van der Waals surface area contributed by atoms with Gasteiger partial charge in [-0.05, 0) is 57.3 Å². The van der Waals surface area contributed by atoms with Gasteiger partial charge in [0.1, 0.15) is 5.82 Å². The highest BCUT2D eigenvalue weighted by atomic mass is 15.2. The number of aromatic nitrogens is 1. The largest absolute Gasteiger partial charge is 0.368 e. The van der Waals surface area contributed by atoms with Gasteiger partial charge in [-0.3, -0.25) is 4.90 Å². The Morgan fingerprint density at radius 3 is 2.89 bits per heavy atom. The zero-order valence-electron chi connectivity index (χ0n) is 12.5. The molecule has 0 aromatic carbocycles. The monoisotopic (exact) mass is 261 g/mol. The SMILES string of the molecule is CCCN1CCC[C@@H]1c1ccc(N[C@H](C)CC)nc1. The molecule has 0 unspecified atom stereocenters. The summed E-state index contributed by atoms with van der Waals surface area (Å²) in [4.78, 5) is 7.16. The molecule has 2 atom stereocenters. The third-order valence-corrected chi connectivity index (χ3v) is 4.05. The number of rotatable bonds is 6. The Morgan fingerprint density at radius 2 is 2.26 bits per heavy atom. The second-order valence-corrected chi connectivity index (χ2v) is 5.62. The van der Waals surface area contributed by atoms with Crippen molar-refractivity contribution in [2.24, 2.45) is 0 Å². The number of anilines is 1. The molecule has 1 aromatic rings. The van der Waals surface area contributed by atoms with Crippen molar-refractivity contribution in [2.45, 2.75) is 58.5 Å². The maximum Gasteiger partial charge on any atom is 0.126 e. The van der Waals surface area contributed by atoms with Gasteiger partial charge >= 0.3 is 0 Å². The zero-order chi connectivity index (χ0) is 13.7. The Balaban J connectivity index is 2.01. The fourth-order valence-corrected chi connectivity index (χ4v) is 2.80. The Kier molecular flexibility index (Phi) is 5.20. The van der Waals surface area contributed by atoms with Crippen LogP contribution >= 0.6 is 0 Å². The summed E-state index contributed by atoms with van der Waals surface area (Å²) in [5.41, 5.74) is 1.38. The minimum Gasteiger partial charge on any atom is -0.368 e. The van der Waals surface area contributed by atoms with Crippen molar-refractivity contribution in [1.82, 2.24) is 9.88 Å². The molecule has 0 saturated carbocycles. The van der Waals surface area contributed by atoms with Crippen LogP contribution in [-0.2, 0) is 0 Å². The van der Waals surface area contributed by atoms with Crippen molar-refractivity contribution >= 4 is 5.82 Å². The molecular weight excluding hydrogens is 234 g/mol. The van der Waals surface area contributed by atoms with Gasteiger partial charge in [0.2, 0.25) is 0 Å². The van der Waals surface area contributed by atoms with Gasteiger partial charge in [-0.25, -0.2) is 4.98 Å². The normalized spacial score (nSPS) is 21.5. The predicted octanol–water partition coefficient (Wildman–Crippen LogP) is 3.84. The van der Waals surface area contributed by atoms with Crippen molar-refractivity contribution in [2.75, 3.05) is 18.4 Å². The molecule has 2 heterocycles. The van der Waals surface area contributed by atoms with E-state index in [1.807, 2.05) is 0 Å². The van der Waals surface area contributed by atoms with Crippen molar-refractivity contribution in [3.8, 4) is 0 Å². The molecule has 1 fully saturated rings. The predicted molar refractivity (Wildman–Crippen MR) is 81.5 cm³/mol. The first-order valence-corrected chi connectivity index (χ1v) is 7.71. The summed E-state index contributed by atoms with van der Waals surface area (Å²) in [7, 11) is 0. The van der Waals surface area contributed by atoms with Gasteiger partial charge in [-0.1, -0.05) is 19.9 Å². The minimum atomic E-state index is 0.487. The second kappa shape index (κ2) is 6.90. The summed E-state index contributed by atoms with van der Waals surface area (Å²) in [6.45, 7) is 9.08. The van der Waals surface area contributed by atoms with Gasteiger partial charge in [0.25, 0.3) is 0 Å². The number of hydrogen-bond donors (Lipinski definition) is 1. The summed E-state index contributed by atoms with van der Waals surface area (Å²) in [6.07, 6.45) is 7.01. The number of nitrogens with one attached hydrogen (secondary N) is 1. The standard InChI is InChI=1S/C16H27N3/c1-4-10-19-11-6-7-15(19)14-8-9-16(17-12-14)18-13(3)5-2/h8-9,12-13,15H,4-7,10-11H2,1-3H3,(H,17,18)/t13-,15-/m1/s1. The molecule has 1 N–H and O–H groups in total. The average molecular weight is 261 g/mol. The lowest BCUT2D eigenvalue weighted by Gasteiger charge is -2.24. The number of hydrogen-bond acceptors (Lipinski definition) is 3. The van der Waals surface area contributed by atoms with E-state index in [1.165, 1.54) is 37.9 Å². The molecule has 0 aliphatic carbocycles. The average Bonchev–Trinajstić information content (AvgIpc) is 2.88. The van der Waals surface area contributed by atoms with Gasteiger partial charge in [0, 0.05) is 18.3 Å². The molecule has 2 rings (SSSR count). The third-order valence-electron chi connectivity index (χ3n) is 4.05. The summed E-state index contributed by atoms with van der Waals surface area (Å²) in [6, 6.07) is 5.45. The third kappa shape index (κ3) is 3.69. The lowest BCUT2D eigenvalue weighted by atomic mass is 10.1. The number of nitrogens with zero attached hydrogens (tertiary/aromatic N) is 2. The van der Waals surface area contributed by atoms with E-state index < -0.39 is 0 Å². The first-order valence-electron chi connectivity index (χ1n) is 7.71. The first kappa shape index (κ1) is 14.3. The Labute approximate surface area is 117 Å². The van der Waals surface area contributed by atoms with E-state index in [-0.39, 0.29) is 0 Å². The quantitative estimate of drug-likeness (QED) is 0.843. The Hall–Kier alpha value is -1.09. The van der Waals surface area contributed by atoms with Gasteiger partial charge in [0.15, 0.2) is 0 Å². The molecule has 1 aliphatic rings. The maximum absolute atomic E-state index is 4.57. The summed E-state index contributed by atoms with van der Waals surface area (Å²) < 4.78 is 0. The molecule has 3 nitrogen and oxygen atoms in total. The molecule has 1 saturated heterocycles. The van der Waals surface area contributed by atoms with E-state index in [4.69, 9.17) is 0 Å². The highest BCUT2D eigenvalue weighted by molar-refractivity contribution is 5.37. The smallest absolute Gasteiger partial charge is 0.126 e. The topological polar surface area (TPSA) is 28.2 Å². The van der Waals surface area contributed by atoms with Crippen LogP contribution in [0.25, 0.3) is 0 Å². The van der Waals surface area contributed by atoms with E-state index in [1.54, 1.807) is 0 Å². The van der Waals surface area contributed by atoms with Crippen LogP contribution in [0.4, 0.5) is 5.82 Å². The molecule has 1 aliphatic heterocycles. The van der Waals surface area contributed by atoms with Crippen molar-refractivity contribution in [3.63, 3.8) is 0 Å². The highest BCUT2D eigenvalue weighted by Crippen LogP contribution is 2.31. The fourth-order valence-electron chi connectivity index (χ4n) is 2.80. The van der Waals surface area contributed by atoms with Gasteiger partial charge in [0.05, 0.1) is 0 Å². The Bertz CT molecular complexity index is 374. The van der Waals surface area contributed by atoms with Crippen LogP contribution in [-0.4, -0.2) is 29.0 Å². The molecule has 3 heteroatoms. The first-order chi connectivity index (χ1) is 9.24. The van der Waals surface area contributed by atoms with Gasteiger partial charge in [-0.2, -0.15) is 0 Å². The van der Waals surface area contributed by atoms with Crippen molar-refractivity contribution in [1.29, 1.82) is 0 Å². The van der Waals surface area contributed by atoms with Crippen molar-refractivity contribution in [3.05, 3.63) is 23.9 Å². The molecule has 19 heavy (non-hydrogen) atoms. The van der Waals surface area contributed by atoms with Crippen LogP contribution in [0, 0.1) is 0 Å². The van der Waals surface area contributed by atoms with Crippen LogP contribution in [0.2, 0.25) is 0 Å². The molecule has 1 aromatic heterocycles. The lowest BCUT2D eigenvalue weighted by Crippen LogP contribution is -2.24. The Morgan fingerprint density at radius 1 is 1.42 bits per heavy atom. The van der Waals surface area contributed by atoms with Crippen LogP contribution < -0.4 is 5.32 Å². The molecule has 106 valence electrons. The number of pyridine rings is 1. The van der Waals surface area contributed by atoms with E-state index in [9.17, 15) is 0 Å². The second-order valence-electron chi connectivity index (χ2n) is 5.62. The van der Waals surface area contributed by atoms with E-state index in [2.05, 4.69) is 54.3 Å². The lowest BCUT2D eigenvalue weighted by molar-refractivity contribution is 0.257. The van der Waals surface area contributed by atoms with Gasteiger partial charge < -0.3 is 5.32 Å². The van der Waals surface area contributed by atoms with Crippen LogP contribution in [0.15, 0.2) is 18.3 Å². The molecule has 0 radical (unpaired) electrons. The summed E-state index contributed by atoms with van der Waals surface area (Å²) in [5.74, 6) is 0.998. The van der Waals surface area contributed by atoms with E-state index in [0.717, 1.165) is 12.2 Å². The minimum absolute atomic E-state index is 0.487. The molecule has 0 spiro atoms. The van der Waals surface area contributed by atoms with Crippen LogP contribution in [0.3, 0.4) is 0 Å². The van der Waals surface area contributed by atoms with Crippen LogP contribution in [0.5, 0.6) is 0 Å². The fraction of sp³-hybridized carbons (Fsp3) is 0.688. The molecule has 0 bridgehead atoms. The van der Waals surface area contributed by atoms with Crippen LogP contribution in [0.1, 0.15) is 58.1 Å². The van der Waals surface area contributed by atoms with Crippen molar-refractivity contribution < 1.29 is 0 Å². The van der Waals surface area contributed by atoms with E-state index >= 15 is 0 Å². The highest BCUT2D eigenvalue weighted by Gasteiger charge is 2.25. The molecule has 0 amide bonds. The summed E-state index contributed by atoms with van der Waals surface area (Å²) in [5, 5.41) is 3.42. The zero-order valence-corrected chi connectivity index (χ0v) is 12.5. The molecular formula is C16H27N3.